The van der Waals surface area contributed by atoms with E-state index in [0.29, 0.717) is 17.8 Å². The number of hydrogen-bond acceptors (Lipinski definition) is 3. The van der Waals surface area contributed by atoms with Gasteiger partial charge in [0.15, 0.2) is 0 Å². The minimum Gasteiger partial charge on any atom is -0.508 e. The lowest BCUT2D eigenvalue weighted by Gasteiger charge is -2.44. The van der Waals surface area contributed by atoms with Crippen LogP contribution >= 0.6 is 0 Å². The number of benzene rings is 1. The molecule has 1 aliphatic heterocycles. The van der Waals surface area contributed by atoms with Crippen molar-refractivity contribution in [3.8, 4) is 5.75 Å². The Morgan fingerprint density at radius 3 is 2.90 bits per heavy atom. The SMILES string of the molecule is CCN1CCN(C2CCCc3cc(O)ccc32)CC1C. The maximum absolute atomic E-state index is 9.67. The highest BCUT2D eigenvalue weighted by atomic mass is 16.3. The third-order valence-corrected chi connectivity index (χ3v) is 5.05. The molecular weight excluding hydrogens is 248 g/mol. The Morgan fingerprint density at radius 2 is 2.15 bits per heavy atom. The first-order chi connectivity index (χ1) is 9.69. The summed E-state index contributed by atoms with van der Waals surface area (Å²) in [6, 6.07) is 7.17. The molecule has 0 radical (unpaired) electrons. The van der Waals surface area contributed by atoms with Crippen molar-refractivity contribution in [2.24, 2.45) is 0 Å². The van der Waals surface area contributed by atoms with Crippen molar-refractivity contribution in [3.05, 3.63) is 29.3 Å². The Hall–Kier alpha value is -1.06. The van der Waals surface area contributed by atoms with Gasteiger partial charge in [-0.1, -0.05) is 13.0 Å². The Bertz CT molecular complexity index is 474. The summed E-state index contributed by atoms with van der Waals surface area (Å²) in [5.41, 5.74) is 2.80. The van der Waals surface area contributed by atoms with E-state index in [1.54, 1.807) is 0 Å². The van der Waals surface area contributed by atoms with E-state index in [-0.39, 0.29) is 0 Å². The zero-order valence-electron chi connectivity index (χ0n) is 12.7. The van der Waals surface area contributed by atoms with Crippen molar-refractivity contribution in [3.63, 3.8) is 0 Å². The van der Waals surface area contributed by atoms with Gasteiger partial charge in [0.1, 0.15) is 5.75 Å². The molecule has 2 atom stereocenters. The molecule has 0 saturated carbocycles. The van der Waals surface area contributed by atoms with Gasteiger partial charge in [-0.05, 0) is 56.0 Å². The number of piperazine rings is 1. The van der Waals surface area contributed by atoms with Crippen LogP contribution in [0.15, 0.2) is 18.2 Å². The first kappa shape index (κ1) is 13.9. The van der Waals surface area contributed by atoms with Crippen LogP contribution in [0.1, 0.15) is 43.9 Å². The van der Waals surface area contributed by atoms with Crippen LogP contribution in [-0.4, -0.2) is 47.1 Å². The minimum atomic E-state index is 0.411. The second-order valence-electron chi connectivity index (χ2n) is 6.26. The lowest BCUT2D eigenvalue weighted by Crippen LogP contribution is -2.52. The van der Waals surface area contributed by atoms with Gasteiger partial charge in [-0.3, -0.25) is 9.80 Å². The van der Waals surface area contributed by atoms with Crippen LogP contribution in [-0.2, 0) is 6.42 Å². The summed E-state index contributed by atoms with van der Waals surface area (Å²) in [5.74, 6) is 0.411. The van der Waals surface area contributed by atoms with Crippen molar-refractivity contribution in [1.82, 2.24) is 9.80 Å². The number of nitrogens with zero attached hydrogens (tertiary/aromatic N) is 2. The molecule has 3 rings (SSSR count). The summed E-state index contributed by atoms with van der Waals surface area (Å²) in [5, 5.41) is 9.67. The predicted octanol–water partition coefficient (Wildman–Crippen LogP) is 2.80. The van der Waals surface area contributed by atoms with Crippen LogP contribution in [0, 0.1) is 0 Å². The second kappa shape index (κ2) is 5.74. The molecule has 20 heavy (non-hydrogen) atoms. The monoisotopic (exact) mass is 274 g/mol. The number of fused-ring (bicyclic) bond motifs is 1. The van der Waals surface area contributed by atoms with Gasteiger partial charge in [0, 0.05) is 31.7 Å². The third kappa shape index (κ3) is 2.57. The third-order valence-electron chi connectivity index (χ3n) is 5.05. The van der Waals surface area contributed by atoms with Gasteiger partial charge in [0.2, 0.25) is 0 Å². The fraction of sp³-hybridized carbons (Fsp3) is 0.647. The van der Waals surface area contributed by atoms with Crippen LogP contribution in [0.25, 0.3) is 0 Å². The van der Waals surface area contributed by atoms with Crippen molar-refractivity contribution in [2.45, 2.75) is 45.2 Å². The normalized spacial score (nSPS) is 28.3. The number of aromatic hydroxyl groups is 1. The fourth-order valence-electron chi connectivity index (χ4n) is 3.93. The van der Waals surface area contributed by atoms with E-state index in [1.807, 2.05) is 12.1 Å². The minimum absolute atomic E-state index is 0.411. The van der Waals surface area contributed by atoms with Gasteiger partial charge in [-0.2, -0.15) is 0 Å². The van der Waals surface area contributed by atoms with Crippen molar-refractivity contribution in [1.29, 1.82) is 0 Å². The summed E-state index contributed by atoms with van der Waals surface area (Å²) >= 11 is 0. The highest BCUT2D eigenvalue weighted by Crippen LogP contribution is 2.36. The van der Waals surface area contributed by atoms with Crippen LogP contribution in [0.2, 0.25) is 0 Å². The van der Waals surface area contributed by atoms with Crippen LogP contribution < -0.4 is 0 Å². The zero-order valence-corrected chi connectivity index (χ0v) is 12.7. The molecule has 0 aromatic heterocycles. The summed E-state index contributed by atoms with van der Waals surface area (Å²) in [7, 11) is 0. The Labute approximate surface area is 122 Å². The van der Waals surface area contributed by atoms with E-state index in [0.717, 1.165) is 13.0 Å². The van der Waals surface area contributed by atoms with Crippen LogP contribution in [0.5, 0.6) is 5.75 Å². The average molecular weight is 274 g/mol. The lowest BCUT2D eigenvalue weighted by molar-refractivity contribution is 0.0527. The molecular formula is C17H26N2O. The van der Waals surface area contributed by atoms with E-state index >= 15 is 0 Å². The van der Waals surface area contributed by atoms with Gasteiger partial charge in [-0.25, -0.2) is 0 Å². The Kier molecular flexibility index (Phi) is 3.99. The molecule has 2 aliphatic rings. The van der Waals surface area contributed by atoms with Gasteiger partial charge in [0.25, 0.3) is 0 Å². The molecule has 1 fully saturated rings. The van der Waals surface area contributed by atoms with Crippen LogP contribution in [0.4, 0.5) is 0 Å². The summed E-state index contributed by atoms with van der Waals surface area (Å²) in [6.45, 7) is 9.27. The highest BCUT2D eigenvalue weighted by molar-refractivity contribution is 5.38. The molecule has 2 unspecified atom stereocenters. The number of phenols is 1. The molecule has 0 bridgehead atoms. The molecule has 0 spiro atoms. The molecule has 1 aliphatic carbocycles. The lowest BCUT2D eigenvalue weighted by atomic mass is 9.86. The number of phenolic OH excluding ortho intramolecular Hbond substituents is 1. The number of rotatable bonds is 2. The highest BCUT2D eigenvalue weighted by Gasteiger charge is 2.31. The molecule has 1 heterocycles. The van der Waals surface area contributed by atoms with Gasteiger partial charge >= 0.3 is 0 Å². The molecule has 110 valence electrons. The fourth-order valence-corrected chi connectivity index (χ4v) is 3.93. The topological polar surface area (TPSA) is 26.7 Å². The average Bonchev–Trinajstić information content (AvgIpc) is 2.46. The number of hydrogen-bond donors (Lipinski definition) is 1. The van der Waals surface area contributed by atoms with E-state index in [9.17, 15) is 5.11 Å². The molecule has 1 aromatic rings. The standard InChI is InChI=1S/C17H26N2O/c1-3-18-9-10-19(12-13(18)2)17-6-4-5-14-11-15(20)7-8-16(14)17/h7-8,11,13,17,20H,3-6,9-10,12H2,1-2H3. The predicted molar refractivity (Wildman–Crippen MR) is 82.1 cm³/mol. The van der Waals surface area contributed by atoms with E-state index in [2.05, 4.69) is 29.7 Å². The van der Waals surface area contributed by atoms with Crippen molar-refractivity contribution in [2.75, 3.05) is 26.2 Å². The smallest absolute Gasteiger partial charge is 0.115 e. The Balaban J connectivity index is 1.79. The van der Waals surface area contributed by atoms with Crippen molar-refractivity contribution >= 4 is 0 Å². The zero-order chi connectivity index (χ0) is 14.1. The van der Waals surface area contributed by atoms with Crippen LogP contribution in [0.3, 0.4) is 0 Å². The first-order valence-corrected chi connectivity index (χ1v) is 7.99. The van der Waals surface area contributed by atoms with Crippen molar-refractivity contribution < 1.29 is 5.11 Å². The maximum Gasteiger partial charge on any atom is 0.115 e. The Morgan fingerprint density at radius 1 is 1.30 bits per heavy atom. The van der Waals surface area contributed by atoms with Gasteiger partial charge in [-0.15, -0.1) is 0 Å². The summed E-state index contributed by atoms with van der Waals surface area (Å²) in [4.78, 5) is 5.23. The molecule has 1 aromatic carbocycles. The number of likely N-dealkylation sites (N-methyl/N-ethyl adjacent to an activating group) is 1. The van der Waals surface area contributed by atoms with Gasteiger partial charge < -0.3 is 5.11 Å². The van der Waals surface area contributed by atoms with E-state index in [4.69, 9.17) is 0 Å². The first-order valence-electron chi connectivity index (χ1n) is 7.99. The second-order valence-corrected chi connectivity index (χ2v) is 6.26. The molecule has 1 saturated heterocycles. The summed E-state index contributed by atoms with van der Waals surface area (Å²) in [6.07, 6.45) is 3.62. The molecule has 3 heteroatoms. The quantitative estimate of drug-likeness (QED) is 0.898. The largest absolute Gasteiger partial charge is 0.508 e. The molecule has 3 nitrogen and oxygen atoms in total. The van der Waals surface area contributed by atoms with E-state index < -0.39 is 0 Å². The summed E-state index contributed by atoms with van der Waals surface area (Å²) < 4.78 is 0. The van der Waals surface area contributed by atoms with E-state index in [1.165, 1.54) is 43.6 Å². The molecule has 1 N–H and O–H groups in total. The van der Waals surface area contributed by atoms with Gasteiger partial charge in [0.05, 0.1) is 0 Å². The number of aryl methyl sites for hydroxylation is 1. The maximum atomic E-state index is 9.67. The molecule has 0 amide bonds.